The van der Waals surface area contributed by atoms with Crippen molar-refractivity contribution in [3.63, 3.8) is 0 Å². The summed E-state index contributed by atoms with van der Waals surface area (Å²) >= 11 is 0. The summed E-state index contributed by atoms with van der Waals surface area (Å²) in [6.45, 7) is 2.11. The van der Waals surface area contributed by atoms with Gasteiger partial charge in [-0.25, -0.2) is 9.18 Å². The van der Waals surface area contributed by atoms with Gasteiger partial charge in [-0.2, -0.15) is 0 Å². The van der Waals surface area contributed by atoms with Crippen LogP contribution in [0.25, 0.3) is 0 Å². The number of urea groups is 1. The molecule has 5 nitrogen and oxygen atoms in total. The second kappa shape index (κ2) is 7.35. The molecule has 1 aromatic carbocycles. The van der Waals surface area contributed by atoms with Gasteiger partial charge in [0.2, 0.25) is 0 Å². The van der Waals surface area contributed by atoms with Crippen LogP contribution in [0.3, 0.4) is 0 Å². The maximum Gasteiger partial charge on any atom is 0.319 e. The van der Waals surface area contributed by atoms with Crippen LogP contribution in [0.15, 0.2) is 18.2 Å². The van der Waals surface area contributed by atoms with Crippen molar-refractivity contribution in [1.82, 2.24) is 5.32 Å². The van der Waals surface area contributed by atoms with Gasteiger partial charge in [-0.1, -0.05) is 13.0 Å². The number of nitrogens with one attached hydrogen (secondary N) is 2. The van der Waals surface area contributed by atoms with Gasteiger partial charge in [0.05, 0.1) is 0 Å². The molecule has 0 spiro atoms. The van der Waals surface area contributed by atoms with Crippen LogP contribution in [0.5, 0.6) is 0 Å². The molecule has 0 saturated carbocycles. The highest BCUT2D eigenvalue weighted by Crippen LogP contribution is 2.14. The second-order valence-corrected chi connectivity index (χ2v) is 4.04. The molecule has 0 saturated heterocycles. The fourth-order valence-corrected chi connectivity index (χ4v) is 1.53. The van der Waals surface area contributed by atoms with Crippen LogP contribution in [-0.4, -0.2) is 23.7 Å². The number of carbonyl (C=O) groups is 2. The molecule has 0 aliphatic carbocycles. The van der Waals surface area contributed by atoms with E-state index in [-0.39, 0.29) is 18.8 Å². The highest BCUT2D eigenvalue weighted by molar-refractivity contribution is 5.89. The lowest BCUT2D eigenvalue weighted by Gasteiger charge is -2.08. The third-order valence-corrected chi connectivity index (χ3v) is 2.54. The maximum absolute atomic E-state index is 13.5. The molecule has 0 aliphatic heterocycles. The molecule has 0 radical (unpaired) electrons. The zero-order valence-electron chi connectivity index (χ0n) is 10.7. The fraction of sp³-hybridized carbons (Fsp3) is 0.385. The third-order valence-electron chi connectivity index (χ3n) is 2.54. The van der Waals surface area contributed by atoms with E-state index >= 15 is 0 Å². The van der Waals surface area contributed by atoms with Crippen molar-refractivity contribution in [2.45, 2.75) is 26.2 Å². The first-order chi connectivity index (χ1) is 9.02. The topological polar surface area (TPSA) is 78.4 Å². The van der Waals surface area contributed by atoms with Gasteiger partial charge < -0.3 is 15.7 Å². The molecule has 0 aliphatic rings. The van der Waals surface area contributed by atoms with Crippen LogP contribution in [0, 0.1) is 5.82 Å². The Bertz CT molecular complexity index is 463. The summed E-state index contributed by atoms with van der Waals surface area (Å²) in [6.07, 6.45) is 0.944. The van der Waals surface area contributed by atoms with Crippen molar-refractivity contribution < 1.29 is 19.1 Å². The predicted molar refractivity (Wildman–Crippen MR) is 69.7 cm³/mol. The summed E-state index contributed by atoms with van der Waals surface area (Å²) in [5.74, 6) is -1.26. The van der Waals surface area contributed by atoms with Crippen LogP contribution < -0.4 is 10.6 Å². The summed E-state index contributed by atoms with van der Waals surface area (Å²) in [5.41, 5.74) is 0.956. The quantitative estimate of drug-likeness (QED) is 0.693. The number of hydrogen-bond donors (Lipinski definition) is 3. The van der Waals surface area contributed by atoms with Crippen molar-refractivity contribution in [3.05, 3.63) is 29.6 Å². The van der Waals surface area contributed by atoms with Crippen LogP contribution in [0.4, 0.5) is 14.9 Å². The van der Waals surface area contributed by atoms with Crippen LogP contribution in [0.2, 0.25) is 0 Å². The number of carbonyl (C=O) groups excluding carboxylic acids is 1. The molecule has 0 fully saturated rings. The lowest BCUT2D eigenvalue weighted by atomic mass is 10.1. The first kappa shape index (κ1) is 14.9. The molecule has 104 valence electrons. The van der Waals surface area contributed by atoms with Gasteiger partial charge in [0, 0.05) is 18.7 Å². The highest BCUT2D eigenvalue weighted by atomic mass is 19.1. The minimum absolute atomic E-state index is 0.000104. The first-order valence-electron chi connectivity index (χ1n) is 6.08. The number of aryl methyl sites for hydroxylation is 1. The summed E-state index contributed by atoms with van der Waals surface area (Å²) in [4.78, 5) is 21.7. The first-order valence-corrected chi connectivity index (χ1v) is 6.08. The Morgan fingerprint density at radius 3 is 2.68 bits per heavy atom. The van der Waals surface area contributed by atoms with E-state index in [2.05, 4.69) is 10.6 Å². The van der Waals surface area contributed by atoms with Gasteiger partial charge >= 0.3 is 12.0 Å². The minimum atomic E-state index is -0.903. The molecule has 19 heavy (non-hydrogen) atoms. The molecule has 0 unspecified atom stereocenters. The van der Waals surface area contributed by atoms with Crippen LogP contribution >= 0.6 is 0 Å². The van der Waals surface area contributed by atoms with Gasteiger partial charge in [0.25, 0.3) is 0 Å². The summed E-state index contributed by atoms with van der Waals surface area (Å²) in [5, 5.41) is 13.4. The molecule has 0 heterocycles. The minimum Gasteiger partial charge on any atom is -0.481 e. The van der Waals surface area contributed by atoms with E-state index in [1.54, 1.807) is 12.1 Å². The molecule has 3 N–H and O–H groups in total. The Morgan fingerprint density at radius 1 is 1.37 bits per heavy atom. The van der Waals surface area contributed by atoms with E-state index in [1.165, 1.54) is 6.07 Å². The Morgan fingerprint density at radius 2 is 2.11 bits per heavy atom. The highest BCUT2D eigenvalue weighted by Gasteiger charge is 2.05. The van der Waals surface area contributed by atoms with Crippen molar-refractivity contribution in [2.75, 3.05) is 11.9 Å². The van der Waals surface area contributed by atoms with E-state index < -0.39 is 12.0 Å². The van der Waals surface area contributed by atoms with Crippen LogP contribution in [-0.2, 0) is 11.2 Å². The lowest BCUT2D eigenvalue weighted by molar-refractivity contribution is -0.137. The summed E-state index contributed by atoms with van der Waals surface area (Å²) in [6, 6.07) is 4.03. The molecular formula is C13H17FN2O3. The number of halogens is 1. The average molecular weight is 268 g/mol. The van der Waals surface area contributed by atoms with Gasteiger partial charge in [-0.15, -0.1) is 0 Å². The number of rotatable bonds is 6. The summed E-state index contributed by atoms with van der Waals surface area (Å²) < 4.78 is 13.5. The Hall–Kier alpha value is -2.11. The van der Waals surface area contributed by atoms with Gasteiger partial charge in [0.1, 0.15) is 5.82 Å². The molecule has 6 heteroatoms. The maximum atomic E-state index is 13.5. The van der Waals surface area contributed by atoms with Crippen molar-refractivity contribution in [2.24, 2.45) is 0 Å². The molecule has 2 amide bonds. The molecule has 0 aromatic heterocycles. The number of benzene rings is 1. The molecular weight excluding hydrogens is 251 g/mol. The van der Waals surface area contributed by atoms with Crippen molar-refractivity contribution in [1.29, 1.82) is 0 Å². The number of amides is 2. The third kappa shape index (κ3) is 5.37. The molecule has 1 rings (SSSR count). The van der Waals surface area contributed by atoms with E-state index in [0.717, 1.165) is 0 Å². The second-order valence-electron chi connectivity index (χ2n) is 4.04. The number of carboxylic acids is 1. The fourth-order valence-electron chi connectivity index (χ4n) is 1.53. The SMILES string of the molecule is CCc1ccc(NC(=O)NCCCC(=O)O)cc1F. The smallest absolute Gasteiger partial charge is 0.319 e. The van der Waals surface area contributed by atoms with Gasteiger partial charge in [0.15, 0.2) is 0 Å². The van der Waals surface area contributed by atoms with E-state index in [0.29, 0.717) is 24.1 Å². The molecule has 0 bridgehead atoms. The Labute approximate surface area is 110 Å². The average Bonchev–Trinajstić information content (AvgIpc) is 2.35. The van der Waals surface area contributed by atoms with Gasteiger partial charge in [-0.05, 0) is 30.5 Å². The Balaban J connectivity index is 2.40. The van der Waals surface area contributed by atoms with Crippen molar-refractivity contribution >= 4 is 17.7 Å². The largest absolute Gasteiger partial charge is 0.481 e. The zero-order valence-corrected chi connectivity index (χ0v) is 10.7. The number of aliphatic carboxylic acids is 1. The summed E-state index contributed by atoms with van der Waals surface area (Å²) in [7, 11) is 0. The zero-order chi connectivity index (χ0) is 14.3. The molecule has 0 atom stereocenters. The van der Waals surface area contributed by atoms with Gasteiger partial charge in [-0.3, -0.25) is 4.79 Å². The van der Waals surface area contributed by atoms with E-state index in [9.17, 15) is 14.0 Å². The number of hydrogen-bond acceptors (Lipinski definition) is 2. The number of anilines is 1. The molecule has 1 aromatic rings. The normalized spacial score (nSPS) is 10.0. The van der Waals surface area contributed by atoms with E-state index in [1.807, 2.05) is 6.92 Å². The number of carboxylic acid groups (broad SMARTS) is 1. The lowest BCUT2D eigenvalue weighted by Crippen LogP contribution is -2.29. The van der Waals surface area contributed by atoms with E-state index in [4.69, 9.17) is 5.11 Å². The Kier molecular flexibility index (Phi) is 5.78. The van der Waals surface area contributed by atoms with Crippen LogP contribution in [0.1, 0.15) is 25.3 Å². The van der Waals surface area contributed by atoms with Crippen molar-refractivity contribution in [3.8, 4) is 0 Å². The standard InChI is InChI=1S/C13H17FN2O3/c1-2-9-5-6-10(8-11(9)14)16-13(19)15-7-3-4-12(17)18/h5-6,8H,2-4,7H2,1H3,(H,17,18)(H2,15,16,19). The monoisotopic (exact) mass is 268 g/mol. The predicted octanol–water partition coefficient (Wildman–Crippen LogP) is 2.37.